The van der Waals surface area contributed by atoms with Crippen LogP contribution in [-0.2, 0) is 16.0 Å². The van der Waals surface area contributed by atoms with Crippen molar-refractivity contribution in [1.82, 2.24) is 15.4 Å². The van der Waals surface area contributed by atoms with Gasteiger partial charge in [-0.05, 0) is 19.3 Å². The first kappa shape index (κ1) is 20.1. The molecule has 0 unspecified atom stereocenters. The topological polar surface area (TPSA) is 75.4 Å². The van der Waals surface area contributed by atoms with Gasteiger partial charge in [-0.2, -0.15) is 0 Å². The monoisotopic (exact) mass is 383 g/mol. The molecule has 1 N–H and O–H groups in total. The first-order valence-corrected chi connectivity index (χ1v) is 10.1. The minimum atomic E-state index is -0.731. The van der Waals surface area contributed by atoms with Crippen molar-refractivity contribution in [2.75, 3.05) is 13.6 Å². The summed E-state index contributed by atoms with van der Waals surface area (Å²) in [6.45, 7) is 2.10. The lowest BCUT2D eigenvalue weighted by Crippen LogP contribution is -2.59. The molecule has 6 heteroatoms. The van der Waals surface area contributed by atoms with Crippen LogP contribution in [0.2, 0.25) is 0 Å². The van der Waals surface area contributed by atoms with Crippen molar-refractivity contribution in [2.24, 2.45) is 0 Å². The molecule has 0 aliphatic heterocycles. The van der Waals surface area contributed by atoms with E-state index in [1.807, 2.05) is 43.4 Å². The Morgan fingerprint density at radius 1 is 1.18 bits per heavy atom. The third kappa shape index (κ3) is 4.80. The third-order valence-corrected chi connectivity index (χ3v) is 5.42. The third-order valence-electron chi connectivity index (χ3n) is 5.42. The highest BCUT2D eigenvalue weighted by Crippen LogP contribution is 2.30. The van der Waals surface area contributed by atoms with Crippen LogP contribution in [0.15, 0.2) is 40.9 Å². The van der Waals surface area contributed by atoms with Gasteiger partial charge in [0.15, 0.2) is 0 Å². The van der Waals surface area contributed by atoms with E-state index in [0.717, 1.165) is 55.5 Å². The van der Waals surface area contributed by atoms with Gasteiger partial charge < -0.3 is 14.7 Å². The number of likely N-dealkylation sites (N-methyl/N-ethyl adjacent to an activating group) is 1. The van der Waals surface area contributed by atoms with Crippen molar-refractivity contribution in [1.29, 1.82) is 0 Å². The Morgan fingerprint density at radius 3 is 2.57 bits per heavy atom. The number of amides is 2. The molecule has 0 radical (unpaired) electrons. The normalized spacial score (nSPS) is 15.8. The second-order valence-electron chi connectivity index (χ2n) is 7.70. The molecule has 1 aromatic carbocycles. The summed E-state index contributed by atoms with van der Waals surface area (Å²) >= 11 is 0. The summed E-state index contributed by atoms with van der Waals surface area (Å²) in [6.07, 6.45) is 6.00. The fraction of sp³-hybridized carbons (Fsp3) is 0.500. The molecular formula is C22H29N3O3. The van der Waals surface area contributed by atoms with E-state index in [0.29, 0.717) is 13.0 Å². The summed E-state index contributed by atoms with van der Waals surface area (Å²) in [5, 5.41) is 7.08. The number of aromatic nitrogens is 1. The zero-order chi connectivity index (χ0) is 20.0. The van der Waals surface area contributed by atoms with Crippen molar-refractivity contribution in [2.45, 2.75) is 57.4 Å². The maximum atomic E-state index is 13.1. The first-order valence-electron chi connectivity index (χ1n) is 10.1. The van der Waals surface area contributed by atoms with Crippen LogP contribution in [0.3, 0.4) is 0 Å². The minimum Gasteiger partial charge on any atom is -0.361 e. The van der Waals surface area contributed by atoms with Gasteiger partial charge in [-0.1, -0.05) is 54.8 Å². The maximum absolute atomic E-state index is 13.1. The van der Waals surface area contributed by atoms with E-state index in [-0.39, 0.29) is 11.8 Å². The number of carbonyl (C=O) groups is 2. The minimum absolute atomic E-state index is 0.0185. The van der Waals surface area contributed by atoms with E-state index in [1.165, 1.54) is 6.92 Å². The number of carbonyl (C=O) groups excluding carboxylic acids is 2. The van der Waals surface area contributed by atoms with Crippen molar-refractivity contribution >= 4 is 11.8 Å². The summed E-state index contributed by atoms with van der Waals surface area (Å²) in [7, 11) is 1.82. The molecule has 1 saturated carbocycles. The van der Waals surface area contributed by atoms with Gasteiger partial charge in [-0.15, -0.1) is 0 Å². The molecular weight excluding hydrogens is 354 g/mol. The quantitative estimate of drug-likeness (QED) is 0.793. The Labute approximate surface area is 166 Å². The highest BCUT2D eigenvalue weighted by Gasteiger charge is 2.41. The van der Waals surface area contributed by atoms with E-state index in [1.54, 1.807) is 4.90 Å². The molecule has 0 atom stereocenters. The fourth-order valence-corrected chi connectivity index (χ4v) is 4.02. The molecule has 1 aliphatic carbocycles. The Kier molecular flexibility index (Phi) is 6.49. The second-order valence-corrected chi connectivity index (χ2v) is 7.70. The summed E-state index contributed by atoms with van der Waals surface area (Å²) in [5.41, 5.74) is 1.12. The lowest BCUT2D eigenvalue weighted by atomic mass is 9.80. The summed E-state index contributed by atoms with van der Waals surface area (Å²) < 4.78 is 5.44. The standard InChI is InChI=1S/C22H29N3O3/c1-17(26)23-22(13-7-4-8-14-22)21(27)25(2)15-9-12-19-16-20(24-28-19)18-10-5-3-6-11-18/h3,5-6,10-11,16H,4,7-9,12-15H2,1-2H3,(H,23,26). The zero-order valence-corrected chi connectivity index (χ0v) is 16.7. The molecule has 0 saturated heterocycles. The molecule has 1 aromatic heterocycles. The molecule has 2 aromatic rings. The SMILES string of the molecule is CC(=O)NC1(C(=O)N(C)CCCc2cc(-c3ccccc3)no2)CCCCC1. The summed E-state index contributed by atoms with van der Waals surface area (Å²) in [4.78, 5) is 26.5. The molecule has 2 amide bonds. The van der Waals surface area contributed by atoms with Gasteiger partial charge in [0.25, 0.3) is 0 Å². The number of hydrogen-bond acceptors (Lipinski definition) is 4. The molecule has 150 valence electrons. The summed E-state index contributed by atoms with van der Waals surface area (Å²) in [5.74, 6) is 0.692. The number of aryl methyl sites for hydroxylation is 1. The Hall–Kier alpha value is -2.63. The predicted molar refractivity (Wildman–Crippen MR) is 108 cm³/mol. The van der Waals surface area contributed by atoms with Crippen LogP contribution >= 0.6 is 0 Å². The van der Waals surface area contributed by atoms with Crippen LogP contribution in [0.4, 0.5) is 0 Å². The molecule has 1 fully saturated rings. The Balaban J connectivity index is 1.54. The van der Waals surface area contributed by atoms with E-state index >= 15 is 0 Å². The average molecular weight is 383 g/mol. The number of rotatable bonds is 7. The molecule has 6 nitrogen and oxygen atoms in total. The number of nitrogens with one attached hydrogen (secondary N) is 1. The first-order chi connectivity index (χ1) is 13.5. The molecule has 0 bridgehead atoms. The van der Waals surface area contributed by atoms with Crippen LogP contribution < -0.4 is 5.32 Å². The Bertz CT molecular complexity index is 794. The molecule has 3 rings (SSSR count). The van der Waals surface area contributed by atoms with Crippen molar-refractivity contribution in [3.05, 3.63) is 42.2 Å². The van der Waals surface area contributed by atoms with Crippen LogP contribution in [-0.4, -0.2) is 41.0 Å². The average Bonchev–Trinajstić information content (AvgIpc) is 3.17. The molecule has 0 spiro atoms. The fourth-order valence-electron chi connectivity index (χ4n) is 4.02. The van der Waals surface area contributed by atoms with E-state index < -0.39 is 5.54 Å². The number of hydrogen-bond donors (Lipinski definition) is 1. The van der Waals surface area contributed by atoms with E-state index in [4.69, 9.17) is 4.52 Å². The maximum Gasteiger partial charge on any atom is 0.248 e. The predicted octanol–water partition coefficient (Wildman–Crippen LogP) is 3.57. The van der Waals surface area contributed by atoms with Crippen LogP contribution in [0.25, 0.3) is 11.3 Å². The van der Waals surface area contributed by atoms with E-state index in [9.17, 15) is 9.59 Å². The molecule has 28 heavy (non-hydrogen) atoms. The van der Waals surface area contributed by atoms with Gasteiger partial charge in [0.1, 0.15) is 17.0 Å². The second kappa shape index (κ2) is 9.04. The smallest absolute Gasteiger partial charge is 0.248 e. The highest BCUT2D eigenvalue weighted by atomic mass is 16.5. The van der Waals surface area contributed by atoms with Gasteiger partial charge in [0, 0.05) is 38.6 Å². The van der Waals surface area contributed by atoms with Crippen molar-refractivity contribution in [3.63, 3.8) is 0 Å². The van der Waals surface area contributed by atoms with Crippen LogP contribution in [0.5, 0.6) is 0 Å². The Morgan fingerprint density at radius 2 is 1.89 bits per heavy atom. The van der Waals surface area contributed by atoms with E-state index in [2.05, 4.69) is 10.5 Å². The number of nitrogens with zero attached hydrogens (tertiary/aromatic N) is 2. The van der Waals surface area contributed by atoms with Crippen molar-refractivity contribution in [3.8, 4) is 11.3 Å². The lowest BCUT2D eigenvalue weighted by Gasteiger charge is -2.39. The zero-order valence-electron chi connectivity index (χ0n) is 16.7. The van der Waals surface area contributed by atoms with Crippen LogP contribution in [0, 0.1) is 0 Å². The van der Waals surface area contributed by atoms with Gasteiger partial charge in [0.05, 0.1) is 0 Å². The van der Waals surface area contributed by atoms with Crippen LogP contribution in [0.1, 0.15) is 51.2 Å². The highest BCUT2D eigenvalue weighted by molar-refractivity contribution is 5.90. The van der Waals surface area contributed by atoms with Gasteiger partial charge in [0.2, 0.25) is 11.8 Å². The largest absolute Gasteiger partial charge is 0.361 e. The summed E-state index contributed by atoms with van der Waals surface area (Å²) in [6, 6.07) is 11.9. The van der Waals surface area contributed by atoms with Gasteiger partial charge in [-0.3, -0.25) is 9.59 Å². The van der Waals surface area contributed by atoms with Gasteiger partial charge >= 0.3 is 0 Å². The molecule has 1 aliphatic rings. The lowest BCUT2D eigenvalue weighted by molar-refractivity contribution is -0.142. The molecule has 1 heterocycles. The van der Waals surface area contributed by atoms with Crippen molar-refractivity contribution < 1.29 is 14.1 Å². The van der Waals surface area contributed by atoms with Gasteiger partial charge in [-0.25, -0.2) is 0 Å². The number of benzene rings is 1.